The number of aryl methyl sites for hydroxylation is 1. The molecule has 2 amide bonds. The van der Waals surface area contributed by atoms with E-state index >= 15 is 0 Å². The van der Waals surface area contributed by atoms with Crippen LogP contribution in [0.4, 0.5) is 5.69 Å². The molecule has 5 heteroatoms. The number of nitrogens with zero attached hydrogens (tertiary/aromatic N) is 2. The first kappa shape index (κ1) is 15.9. The molecular formula is C19H19N3O2. The Morgan fingerprint density at radius 2 is 1.88 bits per heavy atom. The molecule has 2 aromatic rings. The largest absolute Gasteiger partial charge is 0.312 e. The lowest BCUT2D eigenvalue weighted by molar-refractivity contribution is -0.126. The van der Waals surface area contributed by atoms with Crippen LogP contribution >= 0.6 is 0 Å². The minimum Gasteiger partial charge on any atom is -0.312 e. The number of hydrogen-bond donors (Lipinski definition) is 1. The van der Waals surface area contributed by atoms with Gasteiger partial charge in [0.05, 0.1) is 12.1 Å². The van der Waals surface area contributed by atoms with Gasteiger partial charge in [0.25, 0.3) is 0 Å². The fourth-order valence-corrected chi connectivity index (χ4v) is 2.66. The summed E-state index contributed by atoms with van der Waals surface area (Å²) in [6, 6.07) is 17.2. The summed E-state index contributed by atoms with van der Waals surface area (Å²) in [4.78, 5) is 26.0. The average molecular weight is 321 g/mol. The van der Waals surface area contributed by atoms with Gasteiger partial charge in [-0.05, 0) is 24.6 Å². The molecule has 0 spiro atoms. The second-order valence-electron chi connectivity index (χ2n) is 5.89. The Hall–Kier alpha value is -2.95. The van der Waals surface area contributed by atoms with E-state index in [0.717, 1.165) is 16.8 Å². The Kier molecular flexibility index (Phi) is 4.70. The van der Waals surface area contributed by atoms with E-state index in [1.165, 1.54) is 0 Å². The highest BCUT2D eigenvalue weighted by Gasteiger charge is 2.35. The van der Waals surface area contributed by atoms with Gasteiger partial charge in [-0.15, -0.1) is 0 Å². The Balaban J connectivity index is 1.59. The Bertz CT molecular complexity index is 754. The number of anilines is 1. The zero-order chi connectivity index (χ0) is 16.9. The minimum atomic E-state index is -0.383. The van der Waals surface area contributed by atoms with E-state index in [1.54, 1.807) is 11.1 Å². The summed E-state index contributed by atoms with van der Waals surface area (Å²) < 4.78 is 0. The molecule has 0 aromatic heterocycles. The van der Waals surface area contributed by atoms with Gasteiger partial charge in [0.15, 0.2) is 0 Å². The number of rotatable bonds is 4. The lowest BCUT2D eigenvalue weighted by atomic mass is 10.1. The van der Waals surface area contributed by atoms with Gasteiger partial charge in [-0.3, -0.25) is 9.59 Å². The van der Waals surface area contributed by atoms with Crippen LogP contribution in [0.2, 0.25) is 0 Å². The molecule has 5 nitrogen and oxygen atoms in total. The molecule has 0 saturated carbocycles. The molecular weight excluding hydrogens is 302 g/mol. The van der Waals surface area contributed by atoms with Gasteiger partial charge in [-0.25, -0.2) is 5.43 Å². The molecule has 0 aliphatic carbocycles. The predicted octanol–water partition coefficient (Wildman–Crippen LogP) is 2.50. The monoisotopic (exact) mass is 321 g/mol. The van der Waals surface area contributed by atoms with Crippen LogP contribution < -0.4 is 10.3 Å². The van der Waals surface area contributed by atoms with Crippen molar-refractivity contribution < 1.29 is 9.59 Å². The van der Waals surface area contributed by atoms with Crippen molar-refractivity contribution in [1.29, 1.82) is 0 Å². The standard InChI is InChI=1S/C19H19N3O2/c1-14-7-9-17(10-8-14)22-13-16(11-18(22)23)19(24)21-20-12-15-5-3-2-4-6-15/h2-10,12,16H,11,13H2,1H3,(H,21,24)/b20-12+. The molecule has 122 valence electrons. The fraction of sp³-hybridized carbons (Fsp3) is 0.211. The SMILES string of the molecule is Cc1ccc(N2CC(C(=O)N/N=C/c3ccccc3)CC2=O)cc1. The normalized spacial score (nSPS) is 17.5. The summed E-state index contributed by atoms with van der Waals surface area (Å²) in [6.07, 6.45) is 1.80. The van der Waals surface area contributed by atoms with Gasteiger partial charge in [0.1, 0.15) is 0 Å². The van der Waals surface area contributed by atoms with Gasteiger partial charge in [0.2, 0.25) is 11.8 Å². The lowest BCUT2D eigenvalue weighted by Gasteiger charge is -2.16. The highest BCUT2D eigenvalue weighted by molar-refractivity contribution is 6.00. The van der Waals surface area contributed by atoms with E-state index in [9.17, 15) is 9.59 Å². The van der Waals surface area contributed by atoms with Gasteiger partial charge in [-0.1, -0.05) is 48.0 Å². The van der Waals surface area contributed by atoms with Crippen LogP contribution in [-0.4, -0.2) is 24.6 Å². The lowest BCUT2D eigenvalue weighted by Crippen LogP contribution is -2.30. The quantitative estimate of drug-likeness (QED) is 0.695. The molecule has 0 radical (unpaired) electrons. The van der Waals surface area contributed by atoms with E-state index in [-0.39, 0.29) is 24.2 Å². The van der Waals surface area contributed by atoms with Crippen molar-refractivity contribution in [2.45, 2.75) is 13.3 Å². The molecule has 1 unspecified atom stereocenters. The summed E-state index contributed by atoms with van der Waals surface area (Å²) in [5.74, 6) is -0.650. The summed E-state index contributed by atoms with van der Waals surface area (Å²) in [5.41, 5.74) is 5.39. The molecule has 1 saturated heterocycles. The molecule has 1 heterocycles. The number of nitrogens with one attached hydrogen (secondary N) is 1. The first-order valence-corrected chi connectivity index (χ1v) is 7.88. The number of carbonyl (C=O) groups excluding carboxylic acids is 2. The van der Waals surface area contributed by atoms with Gasteiger partial charge in [-0.2, -0.15) is 5.10 Å². The van der Waals surface area contributed by atoms with E-state index in [4.69, 9.17) is 0 Å². The number of benzene rings is 2. The Morgan fingerprint density at radius 3 is 2.58 bits per heavy atom. The second kappa shape index (κ2) is 7.08. The molecule has 1 aliphatic rings. The van der Waals surface area contributed by atoms with Crippen molar-refractivity contribution in [3.63, 3.8) is 0 Å². The average Bonchev–Trinajstić information content (AvgIpc) is 2.98. The Labute approximate surface area is 141 Å². The van der Waals surface area contributed by atoms with E-state index in [2.05, 4.69) is 10.5 Å². The molecule has 1 aliphatic heterocycles. The van der Waals surface area contributed by atoms with Crippen LogP contribution in [-0.2, 0) is 9.59 Å². The summed E-state index contributed by atoms with van der Waals surface area (Å²) in [7, 11) is 0. The van der Waals surface area contributed by atoms with Crippen molar-refractivity contribution in [3.05, 3.63) is 65.7 Å². The molecule has 24 heavy (non-hydrogen) atoms. The third kappa shape index (κ3) is 3.68. The van der Waals surface area contributed by atoms with Crippen molar-refractivity contribution in [3.8, 4) is 0 Å². The van der Waals surface area contributed by atoms with Crippen LogP contribution in [0.5, 0.6) is 0 Å². The van der Waals surface area contributed by atoms with Crippen molar-refractivity contribution in [2.75, 3.05) is 11.4 Å². The fourth-order valence-electron chi connectivity index (χ4n) is 2.66. The number of hydrogen-bond acceptors (Lipinski definition) is 3. The van der Waals surface area contributed by atoms with Gasteiger partial charge in [0, 0.05) is 18.7 Å². The van der Waals surface area contributed by atoms with Crippen LogP contribution in [0.15, 0.2) is 59.7 Å². The Morgan fingerprint density at radius 1 is 1.17 bits per heavy atom. The first-order chi connectivity index (χ1) is 11.6. The maximum Gasteiger partial charge on any atom is 0.245 e. The summed E-state index contributed by atoms with van der Waals surface area (Å²) in [5, 5.41) is 3.97. The van der Waals surface area contributed by atoms with Crippen molar-refractivity contribution in [2.24, 2.45) is 11.0 Å². The molecule has 3 rings (SSSR count). The number of carbonyl (C=O) groups is 2. The molecule has 0 bridgehead atoms. The molecule has 1 fully saturated rings. The van der Waals surface area contributed by atoms with E-state index < -0.39 is 0 Å². The highest BCUT2D eigenvalue weighted by Crippen LogP contribution is 2.25. The van der Waals surface area contributed by atoms with Crippen LogP contribution in [0.1, 0.15) is 17.5 Å². The second-order valence-corrected chi connectivity index (χ2v) is 5.89. The molecule has 2 aromatic carbocycles. The van der Waals surface area contributed by atoms with E-state index in [0.29, 0.717) is 6.54 Å². The minimum absolute atomic E-state index is 0.0361. The summed E-state index contributed by atoms with van der Waals surface area (Å²) >= 11 is 0. The zero-order valence-corrected chi connectivity index (χ0v) is 13.5. The third-order valence-corrected chi connectivity index (χ3v) is 4.03. The van der Waals surface area contributed by atoms with Crippen LogP contribution in [0, 0.1) is 12.8 Å². The molecule has 1 atom stereocenters. The number of hydrazone groups is 1. The van der Waals surface area contributed by atoms with Crippen LogP contribution in [0.25, 0.3) is 0 Å². The highest BCUT2D eigenvalue weighted by atomic mass is 16.2. The van der Waals surface area contributed by atoms with Crippen molar-refractivity contribution >= 4 is 23.7 Å². The first-order valence-electron chi connectivity index (χ1n) is 7.88. The van der Waals surface area contributed by atoms with E-state index in [1.807, 2.05) is 61.5 Å². The smallest absolute Gasteiger partial charge is 0.245 e. The third-order valence-electron chi connectivity index (χ3n) is 4.03. The van der Waals surface area contributed by atoms with Crippen molar-refractivity contribution in [1.82, 2.24) is 5.43 Å². The topological polar surface area (TPSA) is 61.8 Å². The maximum absolute atomic E-state index is 12.2. The zero-order valence-electron chi connectivity index (χ0n) is 13.5. The van der Waals surface area contributed by atoms with Gasteiger partial charge >= 0.3 is 0 Å². The predicted molar refractivity (Wildman–Crippen MR) is 93.8 cm³/mol. The van der Waals surface area contributed by atoms with Gasteiger partial charge < -0.3 is 4.90 Å². The summed E-state index contributed by atoms with van der Waals surface area (Å²) in [6.45, 7) is 2.38. The van der Waals surface area contributed by atoms with Crippen LogP contribution in [0.3, 0.4) is 0 Å². The molecule has 1 N–H and O–H groups in total. The number of amides is 2. The maximum atomic E-state index is 12.2.